The van der Waals surface area contributed by atoms with Crippen molar-refractivity contribution in [3.8, 4) is 0 Å². The number of unbranched alkanes of at least 4 members (excludes halogenated alkanes) is 1. The summed E-state index contributed by atoms with van der Waals surface area (Å²) in [5.74, 6) is -0.223. The maximum Gasteiger partial charge on any atom is 0.308 e. The summed E-state index contributed by atoms with van der Waals surface area (Å²) in [6.07, 6.45) is 3.13. The Kier molecular flexibility index (Phi) is 7.63. The average molecular weight is 189 g/mol. The van der Waals surface area contributed by atoms with Crippen molar-refractivity contribution in [1.29, 1.82) is 0 Å². The summed E-state index contributed by atoms with van der Waals surface area (Å²) < 4.78 is 9.67. The SMILES string of the molecule is COC(=O)CC(CCCCN)OC. The van der Waals surface area contributed by atoms with Crippen molar-refractivity contribution in [1.82, 2.24) is 0 Å². The van der Waals surface area contributed by atoms with Crippen molar-refractivity contribution >= 4 is 5.97 Å². The zero-order valence-electron chi connectivity index (χ0n) is 8.41. The topological polar surface area (TPSA) is 61.5 Å². The summed E-state index contributed by atoms with van der Waals surface area (Å²) in [5, 5.41) is 0. The normalized spacial score (nSPS) is 12.5. The molecule has 4 nitrogen and oxygen atoms in total. The second-order valence-electron chi connectivity index (χ2n) is 2.92. The van der Waals surface area contributed by atoms with Gasteiger partial charge in [-0.1, -0.05) is 0 Å². The third-order valence-electron chi connectivity index (χ3n) is 1.94. The van der Waals surface area contributed by atoms with Gasteiger partial charge in [0.1, 0.15) is 0 Å². The van der Waals surface area contributed by atoms with E-state index in [1.54, 1.807) is 7.11 Å². The Morgan fingerprint density at radius 1 is 1.38 bits per heavy atom. The van der Waals surface area contributed by atoms with Gasteiger partial charge in [-0.05, 0) is 25.8 Å². The van der Waals surface area contributed by atoms with Crippen LogP contribution >= 0.6 is 0 Å². The van der Waals surface area contributed by atoms with Gasteiger partial charge in [-0.25, -0.2) is 0 Å². The van der Waals surface area contributed by atoms with Gasteiger partial charge < -0.3 is 15.2 Å². The molecule has 0 aliphatic carbocycles. The summed E-state index contributed by atoms with van der Waals surface area (Å²) in [6, 6.07) is 0. The molecular weight excluding hydrogens is 170 g/mol. The largest absolute Gasteiger partial charge is 0.469 e. The predicted octanol–water partition coefficient (Wildman–Crippen LogP) is 0.694. The first-order valence-corrected chi connectivity index (χ1v) is 4.54. The Morgan fingerprint density at radius 2 is 2.08 bits per heavy atom. The van der Waals surface area contributed by atoms with E-state index in [1.165, 1.54) is 7.11 Å². The number of hydrogen-bond acceptors (Lipinski definition) is 4. The van der Waals surface area contributed by atoms with Crippen LogP contribution in [-0.2, 0) is 14.3 Å². The van der Waals surface area contributed by atoms with E-state index >= 15 is 0 Å². The van der Waals surface area contributed by atoms with Crippen LogP contribution in [0.4, 0.5) is 0 Å². The second kappa shape index (κ2) is 8.01. The molecule has 2 N–H and O–H groups in total. The summed E-state index contributed by atoms with van der Waals surface area (Å²) in [5.41, 5.74) is 5.35. The van der Waals surface area contributed by atoms with Crippen molar-refractivity contribution in [3.63, 3.8) is 0 Å². The first-order chi connectivity index (χ1) is 6.24. The molecule has 0 rings (SSSR count). The monoisotopic (exact) mass is 189 g/mol. The lowest BCUT2D eigenvalue weighted by atomic mass is 10.1. The number of hydrogen-bond donors (Lipinski definition) is 1. The molecule has 0 aliphatic heterocycles. The summed E-state index contributed by atoms with van der Waals surface area (Å²) in [6.45, 7) is 0.689. The number of carbonyl (C=O) groups is 1. The quantitative estimate of drug-likeness (QED) is 0.473. The van der Waals surface area contributed by atoms with Crippen LogP contribution in [0.5, 0.6) is 0 Å². The van der Waals surface area contributed by atoms with E-state index in [2.05, 4.69) is 4.74 Å². The zero-order valence-corrected chi connectivity index (χ0v) is 8.41. The average Bonchev–Trinajstić information content (AvgIpc) is 2.16. The molecule has 0 bridgehead atoms. The Hall–Kier alpha value is -0.610. The van der Waals surface area contributed by atoms with Crippen LogP contribution in [0.3, 0.4) is 0 Å². The minimum Gasteiger partial charge on any atom is -0.469 e. The van der Waals surface area contributed by atoms with E-state index in [0.29, 0.717) is 13.0 Å². The molecule has 0 fully saturated rings. The Morgan fingerprint density at radius 3 is 2.54 bits per heavy atom. The highest BCUT2D eigenvalue weighted by Gasteiger charge is 2.12. The molecule has 0 saturated heterocycles. The van der Waals surface area contributed by atoms with Gasteiger partial charge in [0.2, 0.25) is 0 Å². The van der Waals surface area contributed by atoms with Gasteiger partial charge in [-0.2, -0.15) is 0 Å². The first kappa shape index (κ1) is 12.4. The van der Waals surface area contributed by atoms with E-state index in [-0.39, 0.29) is 12.1 Å². The molecular formula is C9H19NO3. The minimum absolute atomic E-state index is 0.0287. The molecule has 4 heteroatoms. The third kappa shape index (κ3) is 6.54. The smallest absolute Gasteiger partial charge is 0.308 e. The minimum atomic E-state index is -0.223. The Balaban J connectivity index is 3.56. The first-order valence-electron chi connectivity index (χ1n) is 4.54. The number of nitrogens with two attached hydrogens (primary N) is 1. The molecule has 0 aromatic rings. The van der Waals surface area contributed by atoms with Gasteiger partial charge in [0.15, 0.2) is 0 Å². The van der Waals surface area contributed by atoms with Crippen molar-refractivity contribution in [3.05, 3.63) is 0 Å². The lowest BCUT2D eigenvalue weighted by Gasteiger charge is -2.13. The summed E-state index contributed by atoms with van der Waals surface area (Å²) >= 11 is 0. The Labute approximate surface area is 79.4 Å². The molecule has 0 aromatic carbocycles. The van der Waals surface area contributed by atoms with Crippen LogP contribution in [0.25, 0.3) is 0 Å². The van der Waals surface area contributed by atoms with Crippen molar-refractivity contribution in [2.24, 2.45) is 5.73 Å². The van der Waals surface area contributed by atoms with E-state index in [4.69, 9.17) is 10.5 Å². The van der Waals surface area contributed by atoms with Gasteiger partial charge in [-0.3, -0.25) is 4.79 Å². The maximum atomic E-state index is 10.9. The highest BCUT2D eigenvalue weighted by Crippen LogP contribution is 2.08. The lowest BCUT2D eigenvalue weighted by molar-refractivity contribution is -0.143. The molecule has 78 valence electrons. The standard InChI is InChI=1S/C9H19NO3/c1-12-8(5-3-4-6-10)7-9(11)13-2/h8H,3-7,10H2,1-2H3. The van der Waals surface area contributed by atoms with E-state index in [9.17, 15) is 4.79 Å². The van der Waals surface area contributed by atoms with Gasteiger partial charge in [0.05, 0.1) is 19.6 Å². The number of rotatable bonds is 7. The van der Waals surface area contributed by atoms with Crippen LogP contribution in [0.15, 0.2) is 0 Å². The van der Waals surface area contributed by atoms with Crippen molar-refractivity contribution in [2.45, 2.75) is 31.8 Å². The number of esters is 1. The van der Waals surface area contributed by atoms with Crippen molar-refractivity contribution in [2.75, 3.05) is 20.8 Å². The van der Waals surface area contributed by atoms with Crippen LogP contribution in [0.2, 0.25) is 0 Å². The zero-order chi connectivity index (χ0) is 10.1. The number of methoxy groups -OCH3 is 2. The van der Waals surface area contributed by atoms with Gasteiger partial charge in [-0.15, -0.1) is 0 Å². The van der Waals surface area contributed by atoms with E-state index in [1.807, 2.05) is 0 Å². The van der Waals surface area contributed by atoms with Gasteiger partial charge >= 0.3 is 5.97 Å². The molecule has 1 atom stereocenters. The molecule has 0 heterocycles. The number of ether oxygens (including phenoxy) is 2. The molecule has 0 saturated carbocycles. The van der Waals surface area contributed by atoms with Crippen molar-refractivity contribution < 1.29 is 14.3 Å². The molecule has 0 spiro atoms. The van der Waals surface area contributed by atoms with E-state index in [0.717, 1.165) is 19.3 Å². The molecule has 13 heavy (non-hydrogen) atoms. The van der Waals surface area contributed by atoms with Crippen LogP contribution in [0, 0.1) is 0 Å². The number of carbonyl (C=O) groups excluding carboxylic acids is 1. The molecule has 0 amide bonds. The fraction of sp³-hybridized carbons (Fsp3) is 0.889. The van der Waals surface area contributed by atoms with Gasteiger partial charge in [0, 0.05) is 7.11 Å². The third-order valence-corrected chi connectivity index (χ3v) is 1.94. The fourth-order valence-corrected chi connectivity index (χ4v) is 1.09. The molecule has 1 unspecified atom stereocenters. The maximum absolute atomic E-state index is 10.9. The van der Waals surface area contributed by atoms with E-state index < -0.39 is 0 Å². The predicted molar refractivity (Wildman–Crippen MR) is 50.3 cm³/mol. The fourth-order valence-electron chi connectivity index (χ4n) is 1.09. The highest BCUT2D eigenvalue weighted by molar-refractivity contribution is 5.69. The van der Waals surface area contributed by atoms with Crippen LogP contribution in [-0.4, -0.2) is 32.8 Å². The second-order valence-corrected chi connectivity index (χ2v) is 2.92. The Bertz CT molecular complexity index is 139. The summed E-state index contributed by atoms with van der Waals surface area (Å²) in [4.78, 5) is 10.9. The summed E-state index contributed by atoms with van der Waals surface area (Å²) in [7, 11) is 2.99. The van der Waals surface area contributed by atoms with Crippen LogP contribution < -0.4 is 5.73 Å². The van der Waals surface area contributed by atoms with Gasteiger partial charge in [0.25, 0.3) is 0 Å². The highest BCUT2D eigenvalue weighted by atomic mass is 16.5. The molecule has 0 radical (unpaired) electrons. The molecule has 0 aliphatic rings. The molecule has 0 aromatic heterocycles. The van der Waals surface area contributed by atoms with Crippen LogP contribution in [0.1, 0.15) is 25.7 Å². The lowest BCUT2D eigenvalue weighted by Crippen LogP contribution is -2.17.